The average molecular weight is 281 g/mol. The first-order valence-electron chi connectivity index (χ1n) is 7.58. The minimum Gasteiger partial charge on any atom is -0.373 e. The standard InChI is InChI=1S/C15H15N3.C3H8/c1-16-15-9-11(6-7-17-15)13-8-12-4-2-3-5-14(12)18-10-13;1-3-2/h2,4,6-10H,3,5H2,1H3,(H,16,17);3H2,1-2H3. The monoisotopic (exact) mass is 281 g/mol. The van der Waals surface area contributed by atoms with Gasteiger partial charge in [-0.3, -0.25) is 4.98 Å². The summed E-state index contributed by atoms with van der Waals surface area (Å²) in [6, 6.07) is 6.25. The van der Waals surface area contributed by atoms with Gasteiger partial charge in [0, 0.05) is 30.7 Å². The average Bonchev–Trinajstić information content (AvgIpc) is 2.55. The van der Waals surface area contributed by atoms with Crippen LogP contribution in [0.1, 0.15) is 37.9 Å². The van der Waals surface area contributed by atoms with E-state index in [1.54, 1.807) is 0 Å². The van der Waals surface area contributed by atoms with E-state index in [4.69, 9.17) is 0 Å². The van der Waals surface area contributed by atoms with Gasteiger partial charge in [-0.2, -0.15) is 0 Å². The maximum atomic E-state index is 4.56. The zero-order valence-electron chi connectivity index (χ0n) is 13.1. The summed E-state index contributed by atoms with van der Waals surface area (Å²) in [5.74, 6) is 0.876. The van der Waals surface area contributed by atoms with E-state index in [-0.39, 0.29) is 0 Å². The minimum absolute atomic E-state index is 0.876. The second-order valence-corrected chi connectivity index (χ2v) is 5.09. The lowest BCUT2D eigenvalue weighted by molar-refractivity contribution is 0.928. The second kappa shape index (κ2) is 7.58. The number of allylic oxidation sites excluding steroid dienone is 1. The van der Waals surface area contributed by atoms with Crippen molar-refractivity contribution in [1.82, 2.24) is 9.97 Å². The van der Waals surface area contributed by atoms with Crippen molar-refractivity contribution in [2.45, 2.75) is 33.1 Å². The summed E-state index contributed by atoms with van der Waals surface area (Å²) in [6.45, 7) is 4.25. The molecule has 0 aliphatic heterocycles. The van der Waals surface area contributed by atoms with Crippen LogP contribution < -0.4 is 5.32 Å². The number of nitrogens with one attached hydrogen (secondary N) is 1. The molecule has 0 saturated heterocycles. The Morgan fingerprint density at radius 3 is 2.71 bits per heavy atom. The lowest BCUT2D eigenvalue weighted by atomic mass is 9.99. The lowest BCUT2D eigenvalue weighted by Crippen LogP contribution is -1.98. The molecule has 1 aliphatic carbocycles. The summed E-state index contributed by atoms with van der Waals surface area (Å²) in [5, 5.41) is 3.05. The molecule has 110 valence electrons. The van der Waals surface area contributed by atoms with E-state index in [2.05, 4.69) is 47.4 Å². The van der Waals surface area contributed by atoms with E-state index in [9.17, 15) is 0 Å². The number of aromatic nitrogens is 2. The van der Waals surface area contributed by atoms with Crippen molar-refractivity contribution in [3.05, 3.63) is 47.9 Å². The molecule has 2 heterocycles. The van der Waals surface area contributed by atoms with Crippen molar-refractivity contribution in [2.75, 3.05) is 12.4 Å². The van der Waals surface area contributed by atoms with Crippen molar-refractivity contribution in [1.29, 1.82) is 0 Å². The zero-order valence-corrected chi connectivity index (χ0v) is 13.1. The highest BCUT2D eigenvalue weighted by molar-refractivity contribution is 5.69. The Bertz CT molecular complexity index is 618. The summed E-state index contributed by atoms with van der Waals surface area (Å²) >= 11 is 0. The van der Waals surface area contributed by atoms with Gasteiger partial charge >= 0.3 is 0 Å². The molecule has 21 heavy (non-hydrogen) atoms. The van der Waals surface area contributed by atoms with Crippen LogP contribution in [0.4, 0.5) is 5.82 Å². The second-order valence-electron chi connectivity index (χ2n) is 5.09. The van der Waals surface area contributed by atoms with Crippen LogP contribution in [0.5, 0.6) is 0 Å². The Kier molecular flexibility index (Phi) is 5.50. The van der Waals surface area contributed by atoms with E-state index in [1.807, 2.05) is 31.6 Å². The molecule has 3 rings (SSSR count). The third kappa shape index (κ3) is 3.91. The number of rotatable bonds is 2. The third-order valence-corrected chi connectivity index (χ3v) is 3.20. The van der Waals surface area contributed by atoms with Crippen LogP contribution >= 0.6 is 0 Å². The Labute approximate surface area is 127 Å². The molecule has 0 amide bonds. The topological polar surface area (TPSA) is 37.8 Å². The zero-order chi connectivity index (χ0) is 15.1. The van der Waals surface area contributed by atoms with Gasteiger partial charge in [0.25, 0.3) is 0 Å². The predicted octanol–water partition coefficient (Wildman–Crippen LogP) is 4.56. The fourth-order valence-electron chi connectivity index (χ4n) is 2.20. The number of aryl methyl sites for hydroxylation is 1. The smallest absolute Gasteiger partial charge is 0.126 e. The summed E-state index contributed by atoms with van der Waals surface area (Å²) in [4.78, 5) is 8.78. The largest absolute Gasteiger partial charge is 0.373 e. The number of hydrogen-bond donors (Lipinski definition) is 1. The molecule has 3 heteroatoms. The molecule has 0 radical (unpaired) electrons. The molecule has 0 aromatic carbocycles. The van der Waals surface area contributed by atoms with E-state index in [0.29, 0.717) is 0 Å². The molecule has 2 aromatic rings. The Morgan fingerprint density at radius 2 is 1.95 bits per heavy atom. The van der Waals surface area contributed by atoms with E-state index < -0.39 is 0 Å². The molecular formula is C18H23N3. The molecule has 1 N–H and O–H groups in total. The molecule has 0 atom stereocenters. The molecule has 0 bridgehead atoms. The quantitative estimate of drug-likeness (QED) is 0.876. The minimum atomic E-state index is 0.876. The highest BCUT2D eigenvalue weighted by Gasteiger charge is 2.08. The molecule has 0 spiro atoms. The molecule has 0 fully saturated rings. The van der Waals surface area contributed by atoms with Gasteiger partial charge in [0.2, 0.25) is 0 Å². The first kappa shape index (κ1) is 15.2. The fourth-order valence-corrected chi connectivity index (χ4v) is 2.20. The molecule has 3 nitrogen and oxygen atoms in total. The van der Waals surface area contributed by atoms with Crippen molar-refractivity contribution in [2.24, 2.45) is 0 Å². The van der Waals surface area contributed by atoms with Crippen LogP contribution in [0.25, 0.3) is 17.2 Å². The predicted molar refractivity (Wildman–Crippen MR) is 90.3 cm³/mol. The molecule has 1 aliphatic rings. The van der Waals surface area contributed by atoms with Crippen LogP contribution in [0.2, 0.25) is 0 Å². The summed E-state index contributed by atoms with van der Waals surface area (Å²) < 4.78 is 0. The van der Waals surface area contributed by atoms with Gasteiger partial charge in [-0.25, -0.2) is 4.98 Å². The number of hydrogen-bond acceptors (Lipinski definition) is 3. The van der Waals surface area contributed by atoms with Crippen LogP contribution in [0.3, 0.4) is 0 Å². The van der Waals surface area contributed by atoms with Gasteiger partial charge in [0.05, 0.1) is 0 Å². The number of pyridine rings is 2. The summed E-state index contributed by atoms with van der Waals surface area (Å²) in [6.07, 6.45) is 11.5. The Balaban J connectivity index is 0.000000497. The van der Waals surface area contributed by atoms with Crippen molar-refractivity contribution in [3.63, 3.8) is 0 Å². The van der Waals surface area contributed by atoms with Gasteiger partial charge in [0.1, 0.15) is 5.82 Å². The van der Waals surface area contributed by atoms with E-state index in [0.717, 1.165) is 29.8 Å². The maximum Gasteiger partial charge on any atom is 0.126 e. The normalized spacial score (nSPS) is 12.1. The van der Waals surface area contributed by atoms with Crippen LogP contribution in [-0.2, 0) is 6.42 Å². The van der Waals surface area contributed by atoms with E-state index >= 15 is 0 Å². The first-order valence-corrected chi connectivity index (χ1v) is 7.58. The Morgan fingerprint density at radius 1 is 1.14 bits per heavy atom. The highest BCUT2D eigenvalue weighted by Crippen LogP contribution is 2.25. The van der Waals surface area contributed by atoms with Gasteiger partial charge in [0.15, 0.2) is 0 Å². The molecule has 0 unspecified atom stereocenters. The van der Waals surface area contributed by atoms with Crippen LogP contribution in [0.15, 0.2) is 36.7 Å². The molecule has 0 saturated carbocycles. The van der Waals surface area contributed by atoms with Crippen molar-refractivity contribution in [3.8, 4) is 11.1 Å². The van der Waals surface area contributed by atoms with Crippen LogP contribution in [-0.4, -0.2) is 17.0 Å². The fraction of sp³-hybridized carbons (Fsp3) is 0.333. The molecule has 2 aromatic heterocycles. The summed E-state index contributed by atoms with van der Waals surface area (Å²) in [7, 11) is 1.87. The number of nitrogens with zero attached hydrogens (tertiary/aromatic N) is 2. The highest BCUT2D eigenvalue weighted by atomic mass is 14.9. The summed E-state index contributed by atoms with van der Waals surface area (Å²) in [5.41, 5.74) is 4.72. The molecular weight excluding hydrogens is 258 g/mol. The van der Waals surface area contributed by atoms with Crippen LogP contribution in [0, 0.1) is 0 Å². The number of anilines is 1. The maximum absolute atomic E-state index is 4.56. The first-order chi connectivity index (χ1) is 10.3. The SMILES string of the molecule is CCC.CNc1cc(-c2cnc3c(c2)C=CCC3)ccn1. The van der Waals surface area contributed by atoms with E-state index in [1.165, 1.54) is 17.7 Å². The lowest BCUT2D eigenvalue weighted by Gasteiger charge is -2.11. The number of fused-ring (bicyclic) bond motifs is 1. The van der Waals surface area contributed by atoms with Gasteiger partial charge in [-0.1, -0.05) is 32.4 Å². The van der Waals surface area contributed by atoms with Gasteiger partial charge < -0.3 is 5.32 Å². The van der Waals surface area contributed by atoms with Gasteiger partial charge in [-0.15, -0.1) is 0 Å². The van der Waals surface area contributed by atoms with Crippen molar-refractivity contribution < 1.29 is 0 Å². The van der Waals surface area contributed by atoms with Crippen molar-refractivity contribution >= 4 is 11.9 Å². The Hall–Kier alpha value is -2.16. The van der Waals surface area contributed by atoms with Gasteiger partial charge in [-0.05, 0) is 42.2 Å². The third-order valence-electron chi connectivity index (χ3n) is 3.20.